The van der Waals surface area contributed by atoms with Crippen LogP contribution in [0.5, 0.6) is 5.75 Å². The van der Waals surface area contributed by atoms with Crippen LogP contribution >= 0.6 is 0 Å². The molecule has 1 saturated heterocycles. The van der Waals surface area contributed by atoms with Crippen LogP contribution in [0, 0.1) is 5.92 Å². The summed E-state index contributed by atoms with van der Waals surface area (Å²) in [4.78, 5) is 41.8. The van der Waals surface area contributed by atoms with E-state index in [1.807, 2.05) is 24.3 Å². The van der Waals surface area contributed by atoms with Crippen molar-refractivity contribution in [2.45, 2.75) is 31.4 Å². The Morgan fingerprint density at radius 2 is 1.73 bits per heavy atom. The minimum atomic E-state index is -1.17. The number of fused-ring (bicyclic) bond motifs is 3. The summed E-state index contributed by atoms with van der Waals surface area (Å²) >= 11 is 0. The third-order valence-electron chi connectivity index (χ3n) is 6.05. The highest BCUT2D eigenvalue weighted by atomic mass is 16.5. The highest BCUT2D eigenvalue weighted by Crippen LogP contribution is 2.39. The second-order valence-electron chi connectivity index (χ2n) is 8.16. The number of ether oxygens (including phenoxy) is 1. The number of carboxylic acid groups (broad SMARTS) is 1. The summed E-state index contributed by atoms with van der Waals surface area (Å²) in [6.07, 6.45) is 2.27. The van der Waals surface area contributed by atoms with Crippen LogP contribution in [-0.4, -0.2) is 53.0 Å². The number of likely N-dealkylation sites (tertiary alicyclic amines) is 1. The fourth-order valence-electron chi connectivity index (χ4n) is 4.36. The molecule has 2 heterocycles. The summed E-state index contributed by atoms with van der Waals surface area (Å²) in [6, 6.07) is 12.9. The number of carboxylic acids is 1. The Balaban J connectivity index is 1.52. The number of anilines is 1. The Kier molecular flexibility index (Phi) is 4.46. The zero-order chi connectivity index (χ0) is 20.8. The van der Waals surface area contributed by atoms with E-state index >= 15 is 0 Å². The molecule has 0 radical (unpaired) electrons. The average Bonchev–Trinajstić information content (AvgIpc) is 3.47. The molecule has 2 aromatic rings. The smallest absolute Gasteiger partial charge is 0.336 e. The van der Waals surface area contributed by atoms with E-state index in [1.54, 1.807) is 17.0 Å². The van der Waals surface area contributed by atoms with Gasteiger partial charge in [-0.1, -0.05) is 24.3 Å². The largest absolute Gasteiger partial charge is 0.486 e. The minimum absolute atomic E-state index is 0.0638. The predicted octanol–water partition coefficient (Wildman–Crippen LogP) is 2.80. The molecule has 3 aliphatic rings. The molecule has 7 heteroatoms. The molecular weight excluding hydrogens is 384 g/mol. The van der Waals surface area contributed by atoms with Gasteiger partial charge in [0.2, 0.25) is 5.91 Å². The monoisotopic (exact) mass is 406 g/mol. The van der Waals surface area contributed by atoms with Gasteiger partial charge < -0.3 is 19.6 Å². The Morgan fingerprint density at radius 1 is 1.03 bits per heavy atom. The van der Waals surface area contributed by atoms with E-state index in [9.17, 15) is 19.5 Å². The van der Waals surface area contributed by atoms with Crippen molar-refractivity contribution in [3.05, 3.63) is 59.7 Å². The lowest BCUT2D eigenvalue weighted by Gasteiger charge is -2.32. The van der Waals surface area contributed by atoms with Crippen LogP contribution in [0.1, 0.15) is 40.0 Å². The van der Waals surface area contributed by atoms with Crippen LogP contribution in [0.3, 0.4) is 0 Å². The van der Waals surface area contributed by atoms with Gasteiger partial charge in [-0.25, -0.2) is 4.79 Å². The first-order chi connectivity index (χ1) is 14.5. The second kappa shape index (κ2) is 7.16. The molecule has 1 N–H and O–H groups in total. The maximum atomic E-state index is 13.6. The molecule has 154 valence electrons. The topological polar surface area (TPSA) is 87.2 Å². The number of aromatic carboxylic acids is 1. The van der Waals surface area contributed by atoms with Crippen molar-refractivity contribution in [3.63, 3.8) is 0 Å². The van der Waals surface area contributed by atoms with Crippen LogP contribution in [0.25, 0.3) is 0 Å². The van der Waals surface area contributed by atoms with Gasteiger partial charge >= 0.3 is 5.97 Å². The number of rotatable bonds is 4. The van der Waals surface area contributed by atoms with Gasteiger partial charge in [0.25, 0.3) is 5.91 Å². The Morgan fingerprint density at radius 3 is 2.47 bits per heavy atom. The van der Waals surface area contributed by atoms with E-state index in [0.717, 1.165) is 18.5 Å². The first-order valence-electron chi connectivity index (χ1n) is 10.2. The lowest BCUT2D eigenvalue weighted by molar-refractivity contribution is -0.122. The average molecular weight is 406 g/mol. The van der Waals surface area contributed by atoms with Crippen LogP contribution in [0.4, 0.5) is 5.69 Å². The first kappa shape index (κ1) is 18.7. The number of benzene rings is 2. The van der Waals surface area contributed by atoms with Crippen molar-refractivity contribution in [2.24, 2.45) is 5.92 Å². The van der Waals surface area contributed by atoms with Crippen LogP contribution in [-0.2, 0) is 4.79 Å². The first-order valence-corrected chi connectivity index (χ1v) is 10.2. The van der Waals surface area contributed by atoms with E-state index in [2.05, 4.69) is 0 Å². The van der Waals surface area contributed by atoms with Gasteiger partial charge in [-0.3, -0.25) is 9.59 Å². The van der Waals surface area contributed by atoms with Crippen LogP contribution < -0.4 is 9.64 Å². The molecule has 30 heavy (non-hydrogen) atoms. The lowest BCUT2D eigenvalue weighted by Crippen LogP contribution is -2.49. The van der Waals surface area contributed by atoms with Crippen molar-refractivity contribution in [3.8, 4) is 5.75 Å². The second-order valence-corrected chi connectivity index (χ2v) is 8.16. The summed E-state index contributed by atoms with van der Waals surface area (Å²) in [5, 5.41) is 9.48. The lowest BCUT2D eigenvalue weighted by atomic mass is 10.0. The summed E-state index contributed by atoms with van der Waals surface area (Å²) in [6.45, 7) is 0.850. The highest BCUT2D eigenvalue weighted by molar-refractivity contribution is 6.08. The Labute approximate surface area is 173 Å². The van der Waals surface area contributed by atoms with Crippen molar-refractivity contribution < 1.29 is 24.2 Å². The van der Waals surface area contributed by atoms with Crippen molar-refractivity contribution >= 4 is 23.5 Å². The Hall–Kier alpha value is -3.35. The van der Waals surface area contributed by atoms with Gasteiger partial charge in [0.15, 0.2) is 0 Å². The zero-order valence-corrected chi connectivity index (χ0v) is 16.4. The SMILES string of the molecule is O=C(O)c1ccccc1C(=O)N1C[C@@H]2C[C@H]1C(=O)N(CC1CC1)c1ccccc1O2. The third kappa shape index (κ3) is 3.20. The predicted molar refractivity (Wildman–Crippen MR) is 109 cm³/mol. The summed E-state index contributed by atoms with van der Waals surface area (Å²) < 4.78 is 6.20. The Bertz CT molecular complexity index is 1030. The summed E-state index contributed by atoms with van der Waals surface area (Å²) in [5.41, 5.74) is 0.768. The number of hydrogen-bond acceptors (Lipinski definition) is 4. The summed E-state index contributed by atoms with van der Waals surface area (Å²) in [7, 11) is 0. The number of para-hydroxylation sites is 2. The zero-order valence-electron chi connectivity index (χ0n) is 16.4. The van der Waals surface area contributed by atoms with E-state index in [0.29, 0.717) is 24.6 Å². The molecule has 0 aromatic heterocycles. The van der Waals surface area contributed by atoms with E-state index in [-0.39, 0.29) is 29.7 Å². The fraction of sp³-hybridized carbons (Fsp3) is 0.348. The molecule has 2 bridgehead atoms. The number of nitrogens with zero attached hydrogens (tertiary/aromatic N) is 2. The molecule has 7 nitrogen and oxygen atoms in total. The highest BCUT2D eigenvalue weighted by Gasteiger charge is 2.46. The fourth-order valence-corrected chi connectivity index (χ4v) is 4.36. The maximum Gasteiger partial charge on any atom is 0.336 e. The molecule has 0 spiro atoms. The van der Waals surface area contributed by atoms with Gasteiger partial charge in [-0.15, -0.1) is 0 Å². The minimum Gasteiger partial charge on any atom is -0.486 e. The van der Waals surface area contributed by atoms with E-state index in [1.165, 1.54) is 17.0 Å². The molecule has 1 aliphatic carbocycles. The quantitative estimate of drug-likeness (QED) is 0.844. The number of carbonyl (C=O) groups excluding carboxylic acids is 2. The van der Waals surface area contributed by atoms with Crippen molar-refractivity contribution in [1.29, 1.82) is 0 Å². The van der Waals surface area contributed by atoms with Gasteiger partial charge in [-0.05, 0) is 43.0 Å². The van der Waals surface area contributed by atoms with Crippen molar-refractivity contribution in [2.75, 3.05) is 18.0 Å². The molecular formula is C23H22N2O5. The number of amides is 2. The third-order valence-corrected chi connectivity index (χ3v) is 6.05. The van der Waals surface area contributed by atoms with Gasteiger partial charge in [0.05, 0.1) is 23.4 Å². The van der Waals surface area contributed by atoms with E-state index in [4.69, 9.17) is 4.74 Å². The number of carbonyl (C=O) groups is 3. The molecule has 1 saturated carbocycles. The molecule has 2 amide bonds. The van der Waals surface area contributed by atoms with Gasteiger partial charge in [-0.2, -0.15) is 0 Å². The molecule has 2 fully saturated rings. The molecule has 2 atom stereocenters. The van der Waals surface area contributed by atoms with Crippen LogP contribution in [0.2, 0.25) is 0 Å². The number of hydrogen-bond donors (Lipinski definition) is 1. The molecule has 2 aromatic carbocycles. The van der Waals surface area contributed by atoms with Gasteiger partial charge in [0, 0.05) is 13.0 Å². The normalized spacial score (nSPS) is 22.7. The van der Waals surface area contributed by atoms with E-state index < -0.39 is 17.9 Å². The molecule has 2 aliphatic heterocycles. The van der Waals surface area contributed by atoms with Crippen LogP contribution in [0.15, 0.2) is 48.5 Å². The van der Waals surface area contributed by atoms with Gasteiger partial charge in [0.1, 0.15) is 17.9 Å². The standard InChI is InChI=1S/C23H22N2O5/c26-21(16-5-1-2-6-17(16)23(28)29)25-13-15-11-19(25)22(27)24(12-14-9-10-14)18-7-3-4-8-20(18)30-15/h1-8,14-15,19H,9-13H2,(H,28,29)/t15-,19-/m0/s1. The molecule has 5 rings (SSSR count). The maximum absolute atomic E-state index is 13.6. The summed E-state index contributed by atoms with van der Waals surface area (Å²) in [5.74, 6) is -0.623. The van der Waals surface area contributed by atoms with Crippen molar-refractivity contribution in [1.82, 2.24) is 4.90 Å². The molecule has 0 unspecified atom stereocenters.